The van der Waals surface area contributed by atoms with Gasteiger partial charge in [-0.3, -0.25) is 9.69 Å². The van der Waals surface area contributed by atoms with E-state index in [4.69, 9.17) is 0 Å². The largest absolute Gasteiger partial charge is 0.336 e. The normalized spacial score (nSPS) is 16.9. The maximum Gasteiger partial charge on any atom is 0.253 e. The van der Waals surface area contributed by atoms with Crippen LogP contribution in [0.2, 0.25) is 0 Å². The Kier molecular flexibility index (Phi) is 6.47. The standard InChI is InChI=1S/C19H31N3O3S/c1-15(2)14-21-10-12-22(13-11-21)18(23)16-6-8-17(9-7-16)26(24,25)20-19(3,4)5/h6-9,15,20H,10-14H2,1-5H3. The summed E-state index contributed by atoms with van der Waals surface area (Å²) in [4.78, 5) is 17.1. The molecule has 1 heterocycles. The van der Waals surface area contributed by atoms with Gasteiger partial charge in [0.15, 0.2) is 0 Å². The van der Waals surface area contributed by atoms with Gasteiger partial charge in [-0.1, -0.05) is 13.8 Å². The molecule has 1 aliphatic heterocycles. The maximum absolute atomic E-state index is 12.7. The van der Waals surface area contributed by atoms with Crippen LogP contribution in [0.1, 0.15) is 45.0 Å². The van der Waals surface area contributed by atoms with Gasteiger partial charge in [0, 0.05) is 43.8 Å². The van der Waals surface area contributed by atoms with Crippen LogP contribution in [0.5, 0.6) is 0 Å². The van der Waals surface area contributed by atoms with E-state index in [1.54, 1.807) is 32.9 Å². The van der Waals surface area contributed by atoms with Gasteiger partial charge in [-0.25, -0.2) is 13.1 Å². The number of nitrogens with one attached hydrogen (secondary N) is 1. The van der Waals surface area contributed by atoms with Gasteiger partial charge < -0.3 is 4.90 Å². The SMILES string of the molecule is CC(C)CN1CCN(C(=O)c2ccc(S(=O)(=O)NC(C)(C)C)cc2)CC1. The molecule has 1 saturated heterocycles. The summed E-state index contributed by atoms with van der Waals surface area (Å²) in [6.45, 7) is 14.0. The minimum absolute atomic E-state index is 0.0399. The predicted molar refractivity (Wildman–Crippen MR) is 104 cm³/mol. The molecule has 1 amide bonds. The van der Waals surface area contributed by atoms with Crippen LogP contribution in [0, 0.1) is 5.92 Å². The fourth-order valence-electron chi connectivity index (χ4n) is 3.07. The summed E-state index contributed by atoms with van der Waals surface area (Å²) in [7, 11) is -3.59. The van der Waals surface area contributed by atoms with E-state index < -0.39 is 15.6 Å². The van der Waals surface area contributed by atoms with Crippen LogP contribution in [-0.2, 0) is 10.0 Å². The van der Waals surface area contributed by atoms with Crippen LogP contribution in [-0.4, -0.2) is 62.4 Å². The van der Waals surface area contributed by atoms with E-state index in [0.29, 0.717) is 24.6 Å². The van der Waals surface area contributed by atoms with E-state index in [-0.39, 0.29) is 10.8 Å². The Morgan fingerprint density at radius 2 is 1.62 bits per heavy atom. The van der Waals surface area contributed by atoms with Crippen molar-refractivity contribution in [1.82, 2.24) is 14.5 Å². The van der Waals surface area contributed by atoms with Gasteiger partial charge in [-0.05, 0) is 51.0 Å². The van der Waals surface area contributed by atoms with E-state index in [0.717, 1.165) is 19.6 Å². The molecule has 1 aliphatic rings. The van der Waals surface area contributed by atoms with Gasteiger partial charge in [0.2, 0.25) is 10.0 Å². The fourth-order valence-corrected chi connectivity index (χ4v) is 4.49. The summed E-state index contributed by atoms with van der Waals surface area (Å²) in [5, 5.41) is 0. The molecule has 0 atom stereocenters. The minimum Gasteiger partial charge on any atom is -0.336 e. The number of amides is 1. The zero-order valence-corrected chi connectivity index (χ0v) is 17.3. The van der Waals surface area contributed by atoms with Gasteiger partial charge in [-0.2, -0.15) is 0 Å². The molecule has 1 aromatic rings. The average Bonchev–Trinajstić information content (AvgIpc) is 2.52. The van der Waals surface area contributed by atoms with Crippen molar-refractivity contribution in [3.63, 3.8) is 0 Å². The van der Waals surface area contributed by atoms with Crippen LogP contribution in [0.25, 0.3) is 0 Å². The van der Waals surface area contributed by atoms with Gasteiger partial charge in [-0.15, -0.1) is 0 Å². The van der Waals surface area contributed by atoms with E-state index in [1.807, 2.05) is 4.90 Å². The lowest BCUT2D eigenvalue weighted by Crippen LogP contribution is -2.49. The number of hydrogen-bond donors (Lipinski definition) is 1. The molecular formula is C19H31N3O3S. The summed E-state index contributed by atoms with van der Waals surface area (Å²) in [5.41, 5.74) is -0.0276. The van der Waals surface area contributed by atoms with E-state index in [1.165, 1.54) is 12.1 Å². The van der Waals surface area contributed by atoms with E-state index >= 15 is 0 Å². The van der Waals surface area contributed by atoms with Crippen LogP contribution in [0.15, 0.2) is 29.2 Å². The van der Waals surface area contributed by atoms with Gasteiger partial charge in [0.05, 0.1) is 4.90 Å². The summed E-state index contributed by atoms with van der Waals surface area (Å²) < 4.78 is 27.3. The number of rotatable bonds is 5. The Bertz CT molecular complexity index is 713. The smallest absolute Gasteiger partial charge is 0.253 e. The Hall–Kier alpha value is -1.44. The Labute approximate surface area is 157 Å². The molecule has 0 saturated carbocycles. The maximum atomic E-state index is 12.7. The molecule has 2 rings (SSSR count). The molecule has 0 unspecified atom stereocenters. The minimum atomic E-state index is -3.59. The number of carbonyl (C=O) groups is 1. The summed E-state index contributed by atoms with van der Waals surface area (Å²) in [6.07, 6.45) is 0. The van der Waals surface area contributed by atoms with Crippen LogP contribution >= 0.6 is 0 Å². The van der Waals surface area contributed by atoms with Crippen LogP contribution < -0.4 is 4.72 Å². The molecule has 0 spiro atoms. The number of hydrogen-bond acceptors (Lipinski definition) is 4. The summed E-state index contributed by atoms with van der Waals surface area (Å²) in [5.74, 6) is 0.579. The van der Waals surface area contributed by atoms with Gasteiger partial charge >= 0.3 is 0 Å². The van der Waals surface area contributed by atoms with Crippen LogP contribution in [0.3, 0.4) is 0 Å². The van der Waals surface area contributed by atoms with Crippen molar-refractivity contribution in [3.8, 4) is 0 Å². The Balaban J connectivity index is 2.01. The third-order valence-electron chi connectivity index (χ3n) is 4.13. The molecule has 0 aromatic heterocycles. The lowest BCUT2D eigenvalue weighted by atomic mass is 10.1. The van der Waals surface area contributed by atoms with Crippen molar-refractivity contribution in [3.05, 3.63) is 29.8 Å². The lowest BCUT2D eigenvalue weighted by molar-refractivity contribution is 0.0623. The monoisotopic (exact) mass is 381 g/mol. The highest BCUT2D eigenvalue weighted by atomic mass is 32.2. The first-order chi connectivity index (χ1) is 12.0. The fraction of sp³-hybridized carbons (Fsp3) is 0.632. The molecule has 6 nitrogen and oxygen atoms in total. The van der Waals surface area contributed by atoms with Gasteiger partial charge in [0.25, 0.3) is 5.91 Å². The first-order valence-corrected chi connectivity index (χ1v) is 10.6. The van der Waals surface area contributed by atoms with Crippen LogP contribution in [0.4, 0.5) is 0 Å². The first-order valence-electron chi connectivity index (χ1n) is 9.13. The van der Waals surface area contributed by atoms with Crippen molar-refractivity contribution in [2.75, 3.05) is 32.7 Å². The number of sulfonamides is 1. The highest BCUT2D eigenvalue weighted by Gasteiger charge is 2.24. The lowest BCUT2D eigenvalue weighted by Gasteiger charge is -2.35. The van der Waals surface area contributed by atoms with Crippen molar-refractivity contribution in [2.45, 2.75) is 45.1 Å². The summed E-state index contributed by atoms with van der Waals surface area (Å²) in [6, 6.07) is 6.19. The number of benzene rings is 1. The van der Waals surface area contributed by atoms with Crippen molar-refractivity contribution >= 4 is 15.9 Å². The Morgan fingerprint density at radius 1 is 1.08 bits per heavy atom. The highest BCUT2D eigenvalue weighted by molar-refractivity contribution is 7.89. The second-order valence-electron chi connectivity index (χ2n) is 8.37. The zero-order chi connectivity index (χ0) is 19.5. The molecule has 1 fully saturated rings. The van der Waals surface area contributed by atoms with Gasteiger partial charge in [0.1, 0.15) is 0 Å². The van der Waals surface area contributed by atoms with E-state index in [9.17, 15) is 13.2 Å². The molecule has 0 bridgehead atoms. The zero-order valence-electron chi connectivity index (χ0n) is 16.4. The van der Waals surface area contributed by atoms with E-state index in [2.05, 4.69) is 23.5 Å². The molecule has 146 valence electrons. The molecule has 1 N–H and O–H groups in total. The quantitative estimate of drug-likeness (QED) is 0.849. The molecule has 1 aromatic carbocycles. The molecular weight excluding hydrogens is 350 g/mol. The van der Waals surface area contributed by atoms with Crippen molar-refractivity contribution < 1.29 is 13.2 Å². The first kappa shape index (κ1) is 20.9. The topological polar surface area (TPSA) is 69.7 Å². The molecule has 0 radical (unpaired) electrons. The number of carbonyl (C=O) groups excluding carboxylic acids is 1. The summed E-state index contributed by atoms with van der Waals surface area (Å²) >= 11 is 0. The number of nitrogens with zero attached hydrogens (tertiary/aromatic N) is 2. The average molecular weight is 382 g/mol. The Morgan fingerprint density at radius 3 is 2.08 bits per heavy atom. The second kappa shape index (κ2) is 8.06. The third kappa shape index (κ3) is 5.79. The predicted octanol–water partition coefficient (Wildman–Crippen LogP) is 2.18. The van der Waals surface area contributed by atoms with Crippen molar-refractivity contribution in [1.29, 1.82) is 0 Å². The third-order valence-corrected chi connectivity index (χ3v) is 5.91. The van der Waals surface area contributed by atoms with Crippen molar-refractivity contribution in [2.24, 2.45) is 5.92 Å². The molecule has 7 heteroatoms. The molecule has 0 aliphatic carbocycles. The molecule has 26 heavy (non-hydrogen) atoms. The highest BCUT2D eigenvalue weighted by Crippen LogP contribution is 2.16. The number of piperazine rings is 1. The second-order valence-corrected chi connectivity index (χ2v) is 10.0.